The lowest BCUT2D eigenvalue weighted by atomic mass is 9.68. The van der Waals surface area contributed by atoms with Crippen LogP contribution in [-0.2, 0) is 9.53 Å². The molecule has 1 aliphatic heterocycles. The molecular weight excluding hydrogens is 399 g/mol. The first-order valence-corrected chi connectivity index (χ1v) is 10.4. The predicted molar refractivity (Wildman–Crippen MR) is 106 cm³/mol. The Kier molecular flexibility index (Phi) is 6.67. The minimum atomic E-state index is -4.39. The van der Waals surface area contributed by atoms with Crippen molar-refractivity contribution in [2.24, 2.45) is 11.3 Å². The van der Waals surface area contributed by atoms with Gasteiger partial charge in [-0.3, -0.25) is 4.79 Å². The van der Waals surface area contributed by atoms with Gasteiger partial charge in [0, 0.05) is 18.8 Å². The first-order valence-electron chi connectivity index (χ1n) is 10.4. The number of aliphatic hydroxyl groups is 1. The molecule has 0 atom stereocenters. The molecule has 1 heterocycles. The van der Waals surface area contributed by atoms with E-state index in [4.69, 9.17) is 9.47 Å². The van der Waals surface area contributed by atoms with Crippen LogP contribution in [0.15, 0.2) is 24.3 Å². The summed E-state index contributed by atoms with van der Waals surface area (Å²) in [4.78, 5) is 14.9. The van der Waals surface area contributed by atoms with Crippen molar-refractivity contribution >= 4 is 11.6 Å². The molecule has 1 saturated carbocycles. The minimum absolute atomic E-state index is 0.0246. The molecule has 1 aliphatic carbocycles. The van der Waals surface area contributed by atoms with Gasteiger partial charge in [0.25, 0.3) is 0 Å². The molecule has 2 fully saturated rings. The van der Waals surface area contributed by atoms with Crippen molar-refractivity contribution in [3.8, 4) is 5.75 Å². The Morgan fingerprint density at radius 1 is 1.10 bits per heavy atom. The Bertz CT molecular complexity index is 725. The van der Waals surface area contributed by atoms with Crippen LogP contribution in [0.1, 0.15) is 46.0 Å². The van der Waals surface area contributed by atoms with E-state index in [1.165, 1.54) is 12.1 Å². The summed E-state index contributed by atoms with van der Waals surface area (Å²) in [6.45, 7) is 4.22. The van der Waals surface area contributed by atoms with Crippen LogP contribution in [0.4, 0.5) is 18.9 Å². The van der Waals surface area contributed by atoms with Crippen molar-refractivity contribution in [3.63, 3.8) is 0 Å². The van der Waals surface area contributed by atoms with E-state index < -0.39 is 23.8 Å². The maximum atomic E-state index is 13.2. The third-order valence-corrected chi connectivity index (χ3v) is 6.02. The molecule has 8 heteroatoms. The van der Waals surface area contributed by atoms with E-state index in [1.807, 2.05) is 0 Å². The monoisotopic (exact) mass is 429 g/mol. The molecule has 168 valence electrons. The van der Waals surface area contributed by atoms with Gasteiger partial charge in [-0.25, -0.2) is 0 Å². The molecule has 2 aliphatic rings. The minimum Gasteiger partial charge on any atom is -0.484 e. The fourth-order valence-electron chi connectivity index (χ4n) is 4.24. The van der Waals surface area contributed by atoms with Crippen molar-refractivity contribution in [3.05, 3.63) is 24.3 Å². The normalized spacial score (nSPS) is 27.3. The fraction of sp³-hybridized carbons (Fsp3) is 0.682. The van der Waals surface area contributed by atoms with Gasteiger partial charge in [-0.2, -0.15) is 13.2 Å². The molecular formula is C22H30F3NO4. The van der Waals surface area contributed by atoms with Crippen molar-refractivity contribution in [2.75, 3.05) is 31.3 Å². The summed E-state index contributed by atoms with van der Waals surface area (Å²) in [6, 6.07) is 6.12. The summed E-state index contributed by atoms with van der Waals surface area (Å²) >= 11 is 0. The number of amides is 1. The highest BCUT2D eigenvalue weighted by atomic mass is 19.4. The van der Waals surface area contributed by atoms with Crippen LogP contribution in [0, 0.1) is 11.3 Å². The molecule has 1 spiro atoms. The summed E-state index contributed by atoms with van der Waals surface area (Å²) in [5.74, 6) is 0.539. The molecule has 1 aromatic rings. The van der Waals surface area contributed by atoms with Gasteiger partial charge in [0.1, 0.15) is 5.75 Å². The highest BCUT2D eigenvalue weighted by Crippen LogP contribution is 2.48. The fourth-order valence-corrected chi connectivity index (χ4v) is 4.24. The number of hydrogen-bond acceptors (Lipinski definition) is 4. The zero-order valence-electron chi connectivity index (χ0n) is 17.5. The number of carbonyl (C=O) groups excluding carboxylic acids is 1. The number of ether oxygens (including phenoxy) is 2. The van der Waals surface area contributed by atoms with Crippen LogP contribution in [0.5, 0.6) is 5.75 Å². The summed E-state index contributed by atoms with van der Waals surface area (Å²) in [5.41, 5.74) is -0.710. The number of halogens is 3. The molecule has 0 aromatic heterocycles. The van der Waals surface area contributed by atoms with Crippen LogP contribution in [0.2, 0.25) is 0 Å². The highest BCUT2D eigenvalue weighted by Gasteiger charge is 2.51. The summed E-state index contributed by atoms with van der Waals surface area (Å²) < 4.78 is 47.2. The number of rotatable bonds is 7. The van der Waals surface area contributed by atoms with Gasteiger partial charge < -0.3 is 19.5 Å². The largest absolute Gasteiger partial charge is 0.484 e. The summed E-state index contributed by atoms with van der Waals surface area (Å²) in [5, 5.41) is 10.8. The lowest BCUT2D eigenvalue weighted by Gasteiger charge is -2.40. The molecule has 0 bridgehead atoms. The molecule has 5 nitrogen and oxygen atoms in total. The van der Waals surface area contributed by atoms with Gasteiger partial charge in [0.2, 0.25) is 5.91 Å². The zero-order chi connectivity index (χ0) is 22.0. The molecule has 0 radical (unpaired) electrons. The van der Waals surface area contributed by atoms with Crippen LogP contribution in [-0.4, -0.2) is 49.2 Å². The first kappa shape index (κ1) is 22.9. The topological polar surface area (TPSA) is 59.0 Å². The Morgan fingerprint density at radius 2 is 1.73 bits per heavy atom. The van der Waals surface area contributed by atoms with E-state index in [0.717, 1.165) is 0 Å². The van der Waals surface area contributed by atoms with E-state index in [1.54, 1.807) is 17.0 Å². The van der Waals surface area contributed by atoms with Crippen molar-refractivity contribution in [1.29, 1.82) is 0 Å². The predicted octanol–water partition coefficient (Wildman–Crippen LogP) is 4.33. The quantitative estimate of drug-likeness (QED) is 0.701. The summed E-state index contributed by atoms with van der Waals surface area (Å²) in [6.07, 6.45) is -1.42. The molecule has 1 saturated heterocycles. The van der Waals surface area contributed by atoms with E-state index in [2.05, 4.69) is 13.8 Å². The van der Waals surface area contributed by atoms with Gasteiger partial charge in [0.15, 0.2) is 6.61 Å². The average molecular weight is 429 g/mol. The van der Waals surface area contributed by atoms with Gasteiger partial charge in [-0.1, -0.05) is 13.8 Å². The van der Waals surface area contributed by atoms with E-state index in [-0.39, 0.29) is 11.7 Å². The molecule has 1 amide bonds. The molecule has 3 rings (SSSR count). The Balaban J connectivity index is 1.57. The number of anilines is 1. The van der Waals surface area contributed by atoms with Gasteiger partial charge in [-0.15, -0.1) is 0 Å². The van der Waals surface area contributed by atoms with Crippen molar-refractivity contribution < 1.29 is 32.5 Å². The van der Waals surface area contributed by atoms with Crippen LogP contribution in [0.25, 0.3) is 0 Å². The maximum Gasteiger partial charge on any atom is 0.422 e. The molecule has 0 unspecified atom stereocenters. The zero-order valence-corrected chi connectivity index (χ0v) is 17.5. The van der Waals surface area contributed by atoms with Crippen LogP contribution >= 0.6 is 0 Å². The van der Waals surface area contributed by atoms with E-state index in [9.17, 15) is 23.1 Å². The van der Waals surface area contributed by atoms with E-state index >= 15 is 0 Å². The second kappa shape index (κ2) is 8.75. The molecule has 1 N–H and O–H groups in total. The van der Waals surface area contributed by atoms with Crippen LogP contribution < -0.4 is 9.64 Å². The third kappa shape index (κ3) is 5.46. The van der Waals surface area contributed by atoms with Crippen LogP contribution in [0.3, 0.4) is 0 Å². The third-order valence-electron chi connectivity index (χ3n) is 6.02. The number of benzene rings is 1. The number of nitrogens with zero attached hydrogens (tertiary/aromatic N) is 1. The smallest absolute Gasteiger partial charge is 0.422 e. The average Bonchev–Trinajstić information content (AvgIpc) is 2.99. The Labute approximate surface area is 175 Å². The number of carbonyl (C=O) groups is 1. The SMILES string of the molecule is CC(C)COC[C@]1(O)CC[C@@]2(CCN(c3ccc(OCC(F)(F)F)cc3)C2=O)CC1. The van der Waals surface area contributed by atoms with E-state index in [0.29, 0.717) is 63.5 Å². The number of hydrogen-bond donors (Lipinski definition) is 1. The van der Waals surface area contributed by atoms with Crippen molar-refractivity contribution in [1.82, 2.24) is 0 Å². The summed E-state index contributed by atoms with van der Waals surface area (Å²) in [7, 11) is 0. The number of alkyl halides is 3. The molecule has 1 aromatic carbocycles. The van der Waals surface area contributed by atoms with Gasteiger partial charge in [0.05, 0.1) is 17.6 Å². The van der Waals surface area contributed by atoms with Crippen molar-refractivity contribution in [2.45, 2.75) is 57.7 Å². The first-order chi connectivity index (χ1) is 14.0. The second-order valence-electron chi connectivity index (χ2n) is 9.02. The Morgan fingerprint density at radius 3 is 2.30 bits per heavy atom. The van der Waals surface area contributed by atoms with Gasteiger partial charge in [-0.05, 0) is 62.3 Å². The lowest BCUT2D eigenvalue weighted by molar-refractivity contribution is -0.153. The Hall–Kier alpha value is -1.80. The standard InChI is InChI=1S/C22H30F3NO4/c1-16(2)13-29-14-21(28)9-7-20(8-10-21)11-12-26(19(20)27)17-3-5-18(6-4-17)30-15-22(23,24)25/h3-6,16,28H,7-15H2,1-2H3/t20-,21-. The molecule has 30 heavy (non-hydrogen) atoms. The lowest BCUT2D eigenvalue weighted by Crippen LogP contribution is -2.45. The van der Waals surface area contributed by atoms with Gasteiger partial charge >= 0.3 is 6.18 Å². The second-order valence-corrected chi connectivity index (χ2v) is 9.02. The highest BCUT2D eigenvalue weighted by molar-refractivity contribution is 6.00. The maximum absolute atomic E-state index is 13.2.